The number of pyridine rings is 1. The first kappa shape index (κ1) is 9.55. The summed E-state index contributed by atoms with van der Waals surface area (Å²) in [4.78, 5) is 3.75. The summed E-state index contributed by atoms with van der Waals surface area (Å²) in [7, 11) is 0. The highest BCUT2D eigenvalue weighted by molar-refractivity contribution is 5.19. The fourth-order valence-corrected chi connectivity index (χ4v) is 1.80. The van der Waals surface area contributed by atoms with Gasteiger partial charge in [-0.3, -0.25) is 4.98 Å². The smallest absolute Gasteiger partial charge is 0.141 e. The summed E-state index contributed by atoms with van der Waals surface area (Å²) in [5, 5.41) is 13.4. The Labute approximate surface area is 82.0 Å². The van der Waals surface area contributed by atoms with E-state index in [9.17, 15) is 9.50 Å². The second kappa shape index (κ2) is 3.63. The molecule has 0 radical (unpaired) electrons. The molecule has 1 saturated heterocycles. The highest BCUT2D eigenvalue weighted by atomic mass is 19.1. The molecule has 1 aliphatic rings. The third-order valence-electron chi connectivity index (χ3n) is 2.67. The Morgan fingerprint density at radius 1 is 1.36 bits per heavy atom. The van der Waals surface area contributed by atoms with E-state index in [4.69, 9.17) is 0 Å². The first-order chi connectivity index (χ1) is 6.71. The average Bonchev–Trinajstić information content (AvgIpc) is 2.19. The number of aromatic nitrogens is 1. The van der Waals surface area contributed by atoms with Gasteiger partial charge in [0.1, 0.15) is 5.82 Å². The molecule has 0 aromatic carbocycles. The molecule has 0 spiro atoms. The lowest BCUT2D eigenvalue weighted by atomic mass is 9.86. The van der Waals surface area contributed by atoms with Gasteiger partial charge in [0.2, 0.25) is 0 Å². The van der Waals surface area contributed by atoms with Crippen LogP contribution >= 0.6 is 0 Å². The highest BCUT2D eigenvalue weighted by Gasteiger charge is 2.31. The number of aliphatic hydroxyl groups is 1. The van der Waals surface area contributed by atoms with Gasteiger partial charge in [-0.15, -0.1) is 0 Å². The minimum atomic E-state index is -0.902. The van der Waals surface area contributed by atoms with Crippen LogP contribution < -0.4 is 5.32 Å². The number of piperidine rings is 1. The molecule has 1 aromatic rings. The molecule has 2 N–H and O–H groups in total. The Morgan fingerprint density at radius 2 is 2.07 bits per heavy atom. The second-order valence-electron chi connectivity index (χ2n) is 3.67. The van der Waals surface area contributed by atoms with E-state index in [0.29, 0.717) is 18.4 Å². The fraction of sp³-hybridized carbons (Fsp3) is 0.500. The van der Waals surface area contributed by atoms with Crippen LogP contribution in [0.15, 0.2) is 18.5 Å². The molecule has 1 aromatic heterocycles. The molecule has 2 rings (SSSR count). The first-order valence-electron chi connectivity index (χ1n) is 4.75. The molecule has 1 fully saturated rings. The summed E-state index contributed by atoms with van der Waals surface area (Å²) in [6.07, 6.45) is 3.90. The molecule has 0 bridgehead atoms. The zero-order valence-electron chi connectivity index (χ0n) is 7.83. The maximum atomic E-state index is 12.9. The summed E-state index contributed by atoms with van der Waals surface area (Å²) in [6, 6.07) is 1.36. The largest absolute Gasteiger partial charge is 0.385 e. The van der Waals surface area contributed by atoms with E-state index in [0.717, 1.165) is 19.3 Å². The van der Waals surface area contributed by atoms with Crippen LogP contribution in [-0.4, -0.2) is 23.2 Å². The topological polar surface area (TPSA) is 45.2 Å². The average molecular weight is 196 g/mol. The monoisotopic (exact) mass is 196 g/mol. The van der Waals surface area contributed by atoms with E-state index in [1.54, 1.807) is 0 Å². The molecule has 0 atom stereocenters. The minimum Gasteiger partial charge on any atom is -0.385 e. The van der Waals surface area contributed by atoms with Crippen molar-refractivity contribution < 1.29 is 9.50 Å². The van der Waals surface area contributed by atoms with Crippen LogP contribution in [0, 0.1) is 5.82 Å². The summed E-state index contributed by atoms with van der Waals surface area (Å²) < 4.78 is 12.9. The predicted molar refractivity (Wildman–Crippen MR) is 50.2 cm³/mol. The molecule has 76 valence electrons. The lowest BCUT2D eigenvalue weighted by Crippen LogP contribution is -2.39. The number of hydrogen-bond acceptors (Lipinski definition) is 3. The van der Waals surface area contributed by atoms with E-state index >= 15 is 0 Å². The number of halogens is 1. The predicted octanol–water partition coefficient (Wildman–Crippen LogP) is 0.792. The minimum absolute atomic E-state index is 0.394. The Kier molecular flexibility index (Phi) is 2.48. The molecule has 14 heavy (non-hydrogen) atoms. The zero-order chi connectivity index (χ0) is 10.0. The van der Waals surface area contributed by atoms with Crippen molar-refractivity contribution >= 4 is 0 Å². The maximum absolute atomic E-state index is 12.9. The van der Waals surface area contributed by atoms with Crippen molar-refractivity contribution in [1.82, 2.24) is 10.3 Å². The number of nitrogens with zero attached hydrogens (tertiary/aromatic N) is 1. The Balaban J connectivity index is 2.28. The van der Waals surface area contributed by atoms with Crippen LogP contribution in [0.1, 0.15) is 18.4 Å². The van der Waals surface area contributed by atoms with Gasteiger partial charge in [-0.05, 0) is 32.0 Å². The van der Waals surface area contributed by atoms with Gasteiger partial charge in [-0.2, -0.15) is 0 Å². The molecule has 0 aliphatic carbocycles. The Morgan fingerprint density at radius 3 is 2.71 bits per heavy atom. The molecule has 0 amide bonds. The summed E-state index contributed by atoms with van der Waals surface area (Å²) in [5.41, 5.74) is -0.320. The van der Waals surface area contributed by atoms with Crippen LogP contribution in [0.4, 0.5) is 4.39 Å². The van der Waals surface area contributed by atoms with E-state index in [-0.39, 0.29) is 0 Å². The van der Waals surface area contributed by atoms with Crippen molar-refractivity contribution in [2.45, 2.75) is 18.4 Å². The molecular weight excluding hydrogens is 183 g/mol. The number of rotatable bonds is 1. The third kappa shape index (κ3) is 1.76. The summed E-state index contributed by atoms with van der Waals surface area (Å²) in [6.45, 7) is 1.51. The molecule has 2 heterocycles. The van der Waals surface area contributed by atoms with Gasteiger partial charge in [-0.1, -0.05) is 0 Å². The van der Waals surface area contributed by atoms with Crippen molar-refractivity contribution in [3.63, 3.8) is 0 Å². The van der Waals surface area contributed by atoms with Crippen LogP contribution in [0.2, 0.25) is 0 Å². The second-order valence-corrected chi connectivity index (χ2v) is 3.67. The van der Waals surface area contributed by atoms with Gasteiger partial charge >= 0.3 is 0 Å². The van der Waals surface area contributed by atoms with Gasteiger partial charge in [0.15, 0.2) is 0 Å². The molecular formula is C10H13FN2O. The van der Waals surface area contributed by atoms with E-state index in [1.807, 2.05) is 0 Å². The van der Waals surface area contributed by atoms with Gasteiger partial charge < -0.3 is 10.4 Å². The van der Waals surface area contributed by atoms with Crippen molar-refractivity contribution in [2.24, 2.45) is 0 Å². The van der Waals surface area contributed by atoms with Crippen molar-refractivity contribution in [1.29, 1.82) is 0 Å². The lowest BCUT2D eigenvalue weighted by molar-refractivity contribution is 0.00534. The van der Waals surface area contributed by atoms with Crippen LogP contribution in [0.25, 0.3) is 0 Å². The number of hydrogen-bond donors (Lipinski definition) is 2. The van der Waals surface area contributed by atoms with Gasteiger partial charge in [0.05, 0.1) is 11.8 Å². The normalized spacial score (nSPS) is 20.7. The van der Waals surface area contributed by atoms with Crippen LogP contribution in [0.3, 0.4) is 0 Å². The fourth-order valence-electron chi connectivity index (χ4n) is 1.80. The summed E-state index contributed by atoms with van der Waals surface area (Å²) in [5.74, 6) is -0.394. The Hall–Kier alpha value is -1.00. The van der Waals surface area contributed by atoms with E-state index < -0.39 is 11.4 Å². The van der Waals surface area contributed by atoms with Crippen molar-refractivity contribution in [3.8, 4) is 0 Å². The van der Waals surface area contributed by atoms with Gasteiger partial charge in [0.25, 0.3) is 0 Å². The zero-order valence-corrected chi connectivity index (χ0v) is 7.83. The first-order valence-corrected chi connectivity index (χ1v) is 4.75. The molecule has 0 saturated carbocycles. The molecule has 1 aliphatic heterocycles. The van der Waals surface area contributed by atoms with Crippen LogP contribution in [0.5, 0.6) is 0 Å². The van der Waals surface area contributed by atoms with E-state index in [1.165, 1.54) is 12.3 Å². The number of nitrogens with one attached hydrogen (secondary N) is 1. The highest BCUT2D eigenvalue weighted by Crippen LogP contribution is 2.29. The van der Waals surface area contributed by atoms with E-state index in [2.05, 4.69) is 10.3 Å². The molecule has 3 nitrogen and oxygen atoms in total. The van der Waals surface area contributed by atoms with Crippen LogP contribution in [-0.2, 0) is 5.60 Å². The quantitative estimate of drug-likeness (QED) is 0.698. The standard InChI is InChI=1S/C10H13FN2O/c11-9-5-8(6-13-7-9)10(14)1-3-12-4-2-10/h5-7,12,14H,1-4H2. The van der Waals surface area contributed by atoms with Crippen molar-refractivity contribution in [3.05, 3.63) is 29.8 Å². The molecule has 4 heteroatoms. The third-order valence-corrected chi connectivity index (χ3v) is 2.67. The maximum Gasteiger partial charge on any atom is 0.141 e. The Bertz CT molecular complexity index is 324. The van der Waals surface area contributed by atoms with Gasteiger partial charge in [-0.25, -0.2) is 4.39 Å². The summed E-state index contributed by atoms with van der Waals surface area (Å²) >= 11 is 0. The molecule has 0 unspecified atom stereocenters. The van der Waals surface area contributed by atoms with Crippen molar-refractivity contribution in [2.75, 3.05) is 13.1 Å². The lowest BCUT2D eigenvalue weighted by Gasteiger charge is -2.32. The van der Waals surface area contributed by atoms with Gasteiger partial charge in [0, 0.05) is 11.8 Å². The SMILES string of the molecule is OC1(c2cncc(F)c2)CCNCC1.